The number of aromatic hydroxyl groups is 2. The molecule has 2 heteroatoms. The molecule has 0 saturated heterocycles. The minimum Gasteiger partial charge on any atom is -0.507 e. The lowest BCUT2D eigenvalue weighted by Gasteiger charge is -2.07. The molecule has 2 N–H and O–H groups in total. The monoisotopic (exact) mass is 422 g/mol. The highest BCUT2D eigenvalue weighted by molar-refractivity contribution is 5.54. The third kappa shape index (κ3) is 9.04. The van der Waals surface area contributed by atoms with Crippen LogP contribution in [0.1, 0.15) is 84.3 Å². The molecular formula is C29H42O2. The molecule has 170 valence electrons. The molecule has 0 aliphatic rings. The highest BCUT2D eigenvalue weighted by Gasteiger charge is 2.08. The van der Waals surface area contributed by atoms with E-state index in [1.807, 2.05) is 19.1 Å². The van der Waals surface area contributed by atoms with Crippen LogP contribution in [-0.4, -0.2) is 10.2 Å². The average Bonchev–Trinajstić information content (AvgIpc) is 2.70. The minimum atomic E-state index is 0.160. The van der Waals surface area contributed by atoms with Crippen molar-refractivity contribution in [2.75, 3.05) is 0 Å². The van der Waals surface area contributed by atoms with E-state index >= 15 is 0 Å². The molecule has 1 rings (SSSR count). The Kier molecular flexibility index (Phi) is 11.2. The summed E-state index contributed by atoms with van der Waals surface area (Å²) in [6, 6.07) is 0. The Morgan fingerprint density at radius 2 is 1.19 bits per heavy atom. The van der Waals surface area contributed by atoms with Gasteiger partial charge in [0.15, 0.2) is 0 Å². The van der Waals surface area contributed by atoms with Gasteiger partial charge in [-0.05, 0) is 87.0 Å². The molecule has 0 radical (unpaired) electrons. The lowest BCUT2D eigenvalue weighted by atomic mass is 10.0. The number of benzene rings is 1. The molecule has 0 aliphatic heterocycles. The van der Waals surface area contributed by atoms with Crippen LogP contribution in [0.3, 0.4) is 0 Å². The molecule has 31 heavy (non-hydrogen) atoms. The maximum atomic E-state index is 10.4. The zero-order chi connectivity index (χ0) is 23.6. The second-order valence-electron chi connectivity index (χ2n) is 9.02. The molecule has 0 aromatic heterocycles. The van der Waals surface area contributed by atoms with Gasteiger partial charge in [0.2, 0.25) is 0 Å². The zero-order valence-corrected chi connectivity index (χ0v) is 20.7. The summed E-state index contributed by atoms with van der Waals surface area (Å²) in [4.78, 5) is 0. The summed E-state index contributed by atoms with van der Waals surface area (Å²) < 4.78 is 0. The van der Waals surface area contributed by atoms with Crippen LogP contribution in [0.5, 0.6) is 11.5 Å². The van der Waals surface area contributed by atoms with Crippen LogP contribution >= 0.6 is 0 Å². The van der Waals surface area contributed by atoms with Crippen LogP contribution in [0, 0.1) is 13.8 Å². The van der Waals surface area contributed by atoms with Crippen molar-refractivity contribution in [2.45, 2.75) is 87.0 Å². The number of hydrogen-bond acceptors (Lipinski definition) is 2. The van der Waals surface area contributed by atoms with Crippen molar-refractivity contribution in [2.24, 2.45) is 0 Å². The topological polar surface area (TPSA) is 40.5 Å². The van der Waals surface area contributed by atoms with Crippen LogP contribution in [0.2, 0.25) is 0 Å². The third-order valence-electron chi connectivity index (χ3n) is 5.80. The van der Waals surface area contributed by atoms with Crippen molar-refractivity contribution in [3.05, 3.63) is 68.2 Å². The van der Waals surface area contributed by atoms with E-state index in [1.165, 1.54) is 22.3 Å². The first-order valence-electron chi connectivity index (χ1n) is 11.4. The van der Waals surface area contributed by atoms with Crippen LogP contribution in [0.4, 0.5) is 0 Å². The maximum Gasteiger partial charge on any atom is 0.126 e. The minimum absolute atomic E-state index is 0.160. The second-order valence-corrected chi connectivity index (χ2v) is 9.02. The highest BCUT2D eigenvalue weighted by atomic mass is 16.3. The van der Waals surface area contributed by atoms with Gasteiger partial charge in [0.1, 0.15) is 11.5 Å². The van der Waals surface area contributed by atoms with Gasteiger partial charge >= 0.3 is 0 Å². The fourth-order valence-corrected chi connectivity index (χ4v) is 3.45. The van der Waals surface area contributed by atoms with E-state index in [4.69, 9.17) is 0 Å². The molecule has 1 aromatic carbocycles. The lowest BCUT2D eigenvalue weighted by molar-refractivity contribution is 0.445. The van der Waals surface area contributed by atoms with Crippen LogP contribution in [0.15, 0.2) is 46.6 Å². The Bertz CT molecular complexity index is 946. The average molecular weight is 423 g/mol. The summed E-state index contributed by atoms with van der Waals surface area (Å²) >= 11 is 0. The van der Waals surface area contributed by atoms with E-state index in [1.54, 1.807) is 6.92 Å². The first-order valence-corrected chi connectivity index (χ1v) is 11.4. The van der Waals surface area contributed by atoms with Crippen LogP contribution in [0.25, 0.3) is 12.7 Å². The lowest BCUT2D eigenvalue weighted by Crippen LogP contribution is -2.17. The van der Waals surface area contributed by atoms with Gasteiger partial charge in [0.05, 0.1) is 0 Å². The van der Waals surface area contributed by atoms with Crippen molar-refractivity contribution >= 4 is 12.7 Å². The van der Waals surface area contributed by atoms with E-state index in [2.05, 4.69) is 59.4 Å². The predicted octanol–water partition coefficient (Wildman–Crippen LogP) is 7.05. The van der Waals surface area contributed by atoms with E-state index in [0.29, 0.717) is 21.6 Å². The van der Waals surface area contributed by atoms with E-state index in [9.17, 15) is 10.2 Å². The summed E-state index contributed by atoms with van der Waals surface area (Å²) in [6.07, 6.45) is 17.4. The first-order chi connectivity index (χ1) is 14.5. The largest absolute Gasteiger partial charge is 0.507 e. The van der Waals surface area contributed by atoms with Gasteiger partial charge in [-0.3, -0.25) is 0 Å². The summed E-state index contributed by atoms with van der Waals surface area (Å²) in [5, 5.41) is 21.8. The van der Waals surface area contributed by atoms with Crippen LogP contribution in [-0.2, 0) is 0 Å². The molecule has 0 amide bonds. The Morgan fingerprint density at radius 3 is 1.71 bits per heavy atom. The van der Waals surface area contributed by atoms with Crippen molar-refractivity contribution < 1.29 is 10.2 Å². The first kappa shape index (κ1) is 26.6. The SMILES string of the molecule is C=c1c(C)c(O)/c(=C/C=C(\C)CCC=C(C)CCC=C(C)CCC=C(C)C)c(C)c1O. The second kappa shape index (κ2) is 13.0. The molecule has 0 atom stereocenters. The van der Waals surface area contributed by atoms with Gasteiger partial charge < -0.3 is 10.2 Å². The standard InChI is InChI=1S/C29H42O2/c1-20(2)12-9-13-21(3)14-10-15-22(4)16-11-17-23(5)18-19-27-26(8)28(30)24(6)25(7)29(27)31/h12,14,16,18-19,30-31H,6,9-11,13,15,17H2,1-5,7-8H3/b21-14?,22-16?,23-18+,27-19+. The Morgan fingerprint density at radius 1 is 0.710 bits per heavy atom. The third-order valence-corrected chi connectivity index (χ3v) is 5.80. The van der Waals surface area contributed by atoms with Crippen LogP contribution < -0.4 is 10.4 Å². The van der Waals surface area contributed by atoms with Gasteiger partial charge in [0.25, 0.3) is 0 Å². The summed E-state index contributed by atoms with van der Waals surface area (Å²) in [6.45, 7) is 18.3. The van der Waals surface area contributed by atoms with Crippen molar-refractivity contribution in [1.82, 2.24) is 0 Å². The van der Waals surface area contributed by atoms with Crippen molar-refractivity contribution in [1.29, 1.82) is 0 Å². The number of hydrogen-bond donors (Lipinski definition) is 2. The highest BCUT2D eigenvalue weighted by Crippen LogP contribution is 2.16. The number of phenols is 2. The fourth-order valence-electron chi connectivity index (χ4n) is 3.45. The molecular weight excluding hydrogens is 380 g/mol. The molecule has 0 fully saturated rings. The quantitative estimate of drug-likeness (QED) is 0.313. The molecule has 0 aliphatic carbocycles. The van der Waals surface area contributed by atoms with Gasteiger partial charge in [-0.25, -0.2) is 0 Å². The van der Waals surface area contributed by atoms with E-state index in [-0.39, 0.29) is 11.5 Å². The summed E-state index contributed by atoms with van der Waals surface area (Å²) in [7, 11) is 0. The number of rotatable bonds is 10. The van der Waals surface area contributed by atoms with Gasteiger partial charge in [-0.2, -0.15) is 0 Å². The zero-order valence-electron chi connectivity index (χ0n) is 20.7. The maximum absolute atomic E-state index is 10.4. The summed E-state index contributed by atoms with van der Waals surface area (Å²) in [5.41, 5.74) is 6.84. The summed E-state index contributed by atoms with van der Waals surface area (Å²) in [5.74, 6) is 0.358. The van der Waals surface area contributed by atoms with E-state index in [0.717, 1.165) is 38.5 Å². The smallest absolute Gasteiger partial charge is 0.126 e. The van der Waals surface area contributed by atoms with Gasteiger partial charge in [0, 0.05) is 21.6 Å². The molecule has 0 saturated carbocycles. The number of allylic oxidation sites excluding steroid dienone is 8. The molecule has 1 aromatic rings. The Balaban J connectivity index is 2.63. The molecule has 0 bridgehead atoms. The molecule has 0 heterocycles. The van der Waals surface area contributed by atoms with Gasteiger partial charge in [-0.15, -0.1) is 0 Å². The predicted molar refractivity (Wildman–Crippen MR) is 137 cm³/mol. The van der Waals surface area contributed by atoms with Gasteiger partial charge in [-0.1, -0.05) is 59.3 Å². The van der Waals surface area contributed by atoms with Crippen molar-refractivity contribution in [3.63, 3.8) is 0 Å². The molecule has 2 nitrogen and oxygen atoms in total. The Hall–Kier alpha value is -2.48. The fraction of sp³-hybridized carbons (Fsp3) is 0.448. The van der Waals surface area contributed by atoms with Crippen molar-refractivity contribution in [3.8, 4) is 11.5 Å². The normalized spacial score (nSPS) is 13.6. The molecule has 0 spiro atoms. The Labute approximate surface area is 189 Å². The van der Waals surface area contributed by atoms with E-state index < -0.39 is 0 Å². The molecule has 0 unspecified atom stereocenters. The number of phenolic OH excluding ortho intramolecular Hbond substituents is 2.